The van der Waals surface area contributed by atoms with Crippen LogP contribution in [0.25, 0.3) is 0 Å². The number of rotatable bonds is 4. The zero-order valence-electron chi connectivity index (χ0n) is 12.3. The van der Waals surface area contributed by atoms with E-state index in [1.165, 1.54) is 6.07 Å². The van der Waals surface area contributed by atoms with Gasteiger partial charge in [-0.1, -0.05) is 0 Å². The molecule has 0 N–H and O–H groups in total. The molecule has 0 saturated heterocycles. The molecular weight excluding hydrogens is 306 g/mol. The molecule has 0 bridgehead atoms. The maximum absolute atomic E-state index is 12.4. The highest BCUT2D eigenvalue weighted by Crippen LogP contribution is 2.32. The van der Waals surface area contributed by atoms with E-state index in [9.17, 15) is 9.59 Å². The molecule has 0 fully saturated rings. The van der Waals surface area contributed by atoms with Crippen LogP contribution in [0.2, 0.25) is 5.22 Å². The van der Waals surface area contributed by atoms with Gasteiger partial charge in [-0.05, 0) is 56.1 Å². The molecule has 22 heavy (non-hydrogen) atoms. The summed E-state index contributed by atoms with van der Waals surface area (Å²) in [6.45, 7) is 4.25. The molecule has 1 aliphatic rings. The number of hydrogen-bond donors (Lipinski definition) is 0. The third kappa shape index (κ3) is 2.57. The Labute approximate surface area is 132 Å². The van der Waals surface area contributed by atoms with Crippen LogP contribution in [-0.4, -0.2) is 22.4 Å². The summed E-state index contributed by atoms with van der Waals surface area (Å²) in [5.41, 5.74) is 1.31. The molecule has 0 saturated carbocycles. The van der Waals surface area contributed by atoms with Gasteiger partial charge in [-0.2, -0.15) is 0 Å². The van der Waals surface area contributed by atoms with Crippen molar-refractivity contribution in [2.45, 2.75) is 38.8 Å². The number of hydrogen-bond acceptors (Lipinski definition) is 4. The highest BCUT2D eigenvalue weighted by atomic mass is 35.5. The first-order chi connectivity index (χ1) is 10.5. The smallest absolute Gasteiger partial charge is 0.315 e. The van der Waals surface area contributed by atoms with Gasteiger partial charge in [-0.3, -0.25) is 9.59 Å². The van der Waals surface area contributed by atoms with Crippen LogP contribution in [0.3, 0.4) is 0 Å². The zero-order valence-corrected chi connectivity index (χ0v) is 13.1. The lowest BCUT2D eigenvalue weighted by molar-refractivity contribution is -0.149. The Hall–Kier alpha value is -2.01. The predicted octanol–water partition coefficient (Wildman–Crippen LogP) is 3.40. The van der Waals surface area contributed by atoms with Gasteiger partial charge in [0.1, 0.15) is 0 Å². The topological polar surface area (TPSA) is 61.4 Å². The Morgan fingerprint density at radius 1 is 1.32 bits per heavy atom. The molecule has 1 unspecified atom stereocenters. The lowest BCUT2D eigenvalue weighted by atomic mass is 10.1. The van der Waals surface area contributed by atoms with Crippen molar-refractivity contribution in [3.05, 3.63) is 46.6 Å². The fraction of sp³-hybridized carbons (Fsp3) is 0.375. The maximum Gasteiger partial charge on any atom is 0.315 e. The normalized spacial score (nSPS) is 16.8. The van der Waals surface area contributed by atoms with E-state index in [0.717, 1.165) is 5.69 Å². The Balaban J connectivity index is 1.87. The second-order valence-corrected chi connectivity index (χ2v) is 5.93. The Morgan fingerprint density at radius 2 is 2.09 bits per heavy atom. The van der Waals surface area contributed by atoms with Gasteiger partial charge in [0.25, 0.3) is 0 Å². The summed E-state index contributed by atoms with van der Waals surface area (Å²) in [5, 5.41) is 0.176. The van der Waals surface area contributed by atoms with Crippen molar-refractivity contribution in [2.24, 2.45) is 0 Å². The van der Waals surface area contributed by atoms with Gasteiger partial charge < -0.3 is 13.7 Å². The second-order valence-electron chi connectivity index (χ2n) is 5.55. The molecule has 1 atom stereocenters. The van der Waals surface area contributed by atoms with E-state index in [1.54, 1.807) is 18.2 Å². The molecule has 0 spiro atoms. The Kier molecular flexibility index (Phi) is 3.83. The molecule has 0 aromatic carbocycles. The Morgan fingerprint density at radius 3 is 2.73 bits per heavy atom. The molecule has 116 valence electrons. The third-order valence-electron chi connectivity index (χ3n) is 3.68. The number of nitrogens with zero attached hydrogens (tertiary/aromatic N) is 1. The molecule has 0 aliphatic carbocycles. The van der Waals surface area contributed by atoms with E-state index in [2.05, 4.69) is 0 Å². The summed E-state index contributed by atoms with van der Waals surface area (Å²) >= 11 is 5.71. The number of furan rings is 1. The molecule has 3 rings (SSSR count). The van der Waals surface area contributed by atoms with Gasteiger partial charge >= 0.3 is 5.97 Å². The van der Waals surface area contributed by atoms with Gasteiger partial charge in [0.15, 0.2) is 11.0 Å². The summed E-state index contributed by atoms with van der Waals surface area (Å²) in [4.78, 5) is 24.6. The average molecular weight is 322 g/mol. The number of ketones is 1. The van der Waals surface area contributed by atoms with Crippen molar-refractivity contribution in [1.29, 1.82) is 0 Å². The SMILES string of the molecule is CC(C)OC(=O)C1CCn2c(C(=O)c3ccc(Cl)o3)ccc21. The highest BCUT2D eigenvalue weighted by molar-refractivity contribution is 6.29. The number of halogens is 1. The van der Waals surface area contributed by atoms with Crippen LogP contribution in [0.1, 0.15) is 48.1 Å². The van der Waals surface area contributed by atoms with Crippen LogP contribution in [-0.2, 0) is 16.1 Å². The summed E-state index contributed by atoms with van der Waals surface area (Å²) in [6.07, 6.45) is 0.490. The lowest BCUT2D eigenvalue weighted by Crippen LogP contribution is -2.18. The number of fused-ring (bicyclic) bond motifs is 1. The monoisotopic (exact) mass is 321 g/mol. The van der Waals surface area contributed by atoms with Crippen molar-refractivity contribution in [1.82, 2.24) is 4.57 Å². The summed E-state index contributed by atoms with van der Waals surface area (Å²) in [5.74, 6) is -0.605. The van der Waals surface area contributed by atoms with E-state index in [-0.39, 0.29) is 34.8 Å². The van der Waals surface area contributed by atoms with Crippen LogP contribution in [0.5, 0.6) is 0 Å². The quantitative estimate of drug-likeness (QED) is 0.639. The lowest BCUT2D eigenvalue weighted by Gasteiger charge is -2.12. The zero-order chi connectivity index (χ0) is 15.9. The molecule has 5 nitrogen and oxygen atoms in total. The van der Waals surface area contributed by atoms with Crippen LogP contribution in [0.4, 0.5) is 0 Å². The molecule has 2 aromatic heterocycles. The minimum atomic E-state index is -0.316. The molecule has 1 aliphatic heterocycles. The minimum absolute atomic E-state index is 0.150. The second kappa shape index (κ2) is 5.65. The summed E-state index contributed by atoms with van der Waals surface area (Å²) in [7, 11) is 0. The predicted molar refractivity (Wildman–Crippen MR) is 80.2 cm³/mol. The standard InChI is InChI=1S/C16H16ClNO4/c1-9(2)21-16(20)10-7-8-18-11(10)3-4-12(18)15(19)13-5-6-14(17)22-13/h3-6,9-10H,7-8H2,1-2H3. The summed E-state index contributed by atoms with van der Waals surface area (Å²) in [6, 6.07) is 6.59. The molecular formula is C16H16ClNO4. The van der Waals surface area contributed by atoms with Crippen LogP contribution in [0, 0.1) is 0 Å². The first-order valence-corrected chi connectivity index (χ1v) is 7.55. The largest absolute Gasteiger partial charge is 0.462 e. The van der Waals surface area contributed by atoms with Crippen molar-refractivity contribution < 1.29 is 18.7 Å². The van der Waals surface area contributed by atoms with Crippen molar-refractivity contribution in [3.8, 4) is 0 Å². The average Bonchev–Trinajstić information content (AvgIpc) is 3.11. The van der Waals surface area contributed by atoms with Gasteiger partial charge in [-0.15, -0.1) is 0 Å². The fourth-order valence-electron chi connectivity index (χ4n) is 2.76. The molecule has 6 heteroatoms. The third-order valence-corrected chi connectivity index (χ3v) is 3.88. The molecule has 0 radical (unpaired) electrons. The van der Waals surface area contributed by atoms with Gasteiger partial charge in [0.05, 0.1) is 17.7 Å². The number of aromatic nitrogens is 1. The van der Waals surface area contributed by atoms with Crippen molar-refractivity contribution in [2.75, 3.05) is 0 Å². The van der Waals surface area contributed by atoms with Gasteiger partial charge in [-0.25, -0.2) is 0 Å². The number of ether oxygens (including phenoxy) is 1. The van der Waals surface area contributed by atoms with E-state index in [0.29, 0.717) is 18.7 Å². The number of esters is 1. The molecule has 0 amide bonds. The van der Waals surface area contributed by atoms with Crippen molar-refractivity contribution >= 4 is 23.4 Å². The number of carbonyl (C=O) groups excluding carboxylic acids is 2. The van der Waals surface area contributed by atoms with Crippen LogP contribution < -0.4 is 0 Å². The molecule has 2 aromatic rings. The highest BCUT2D eigenvalue weighted by Gasteiger charge is 2.33. The molecule has 3 heterocycles. The van der Waals surface area contributed by atoms with Crippen LogP contribution >= 0.6 is 11.6 Å². The Bertz CT molecular complexity index is 728. The van der Waals surface area contributed by atoms with Gasteiger partial charge in [0.2, 0.25) is 5.78 Å². The first-order valence-electron chi connectivity index (χ1n) is 7.17. The van der Waals surface area contributed by atoms with E-state index >= 15 is 0 Å². The van der Waals surface area contributed by atoms with E-state index in [4.69, 9.17) is 20.8 Å². The minimum Gasteiger partial charge on any atom is -0.462 e. The first kappa shape index (κ1) is 14.9. The van der Waals surface area contributed by atoms with Crippen LogP contribution in [0.15, 0.2) is 28.7 Å². The van der Waals surface area contributed by atoms with Gasteiger partial charge in [0, 0.05) is 12.2 Å². The summed E-state index contributed by atoms with van der Waals surface area (Å²) < 4.78 is 12.3. The van der Waals surface area contributed by atoms with Crippen molar-refractivity contribution in [3.63, 3.8) is 0 Å². The number of carbonyl (C=O) groups is 2. The van der Waals surface area contributed by atoms with E-state index in [1.807, 2.05) is 18.4 Å². The maximum atomic E-state index is 12.4. The van der Waals surface area contributed by atoms with E-state index < -0.39 is 0 Å². The fourth-order valence-corrected chi connectivity index (χ4v) is 2.90.